The molecule has 0 saturated carbocycles. The summed E-state index contributed by atoms with van der Waals surface area (Å²) in [6.45, 7) is 6.10. The molecule has 0 unspecified atom stereocenters. The van der Waals surface area contributed by atoms with Crippen LogP contribution in [-0.4, -0.2) is 36.6 Å². The zero-order valence-corrected chi connectivity index (χ0v) is 16.7. The van der Waals surface area contributed by atoms with Crippen molar-refractivity contribution in [1.82, 2.24) is 4.57 Å². The monoisotopic (exact) mass is 389 g/mol. The lowest BCUT2D eigenvalue weighted by molar-refractivity contribution is -0.136. The van der Waals surface area contributed by atoms with Gasteiger partial charge in [0.1, 0.15) is 0 Å². The van der Waals surface area contributed by atoms with Gasteiger partial charge in [-0.05, 0) is 50.6 Å². The predicted molar refractivity (Wildman–Crippen MR) is 106 cm³/mol. The summed E-state index contributed by atoms with van der Waals surface area (Å²) < 4.78 is 12.3. The van der Waals surface area contributed by atoms with Gasteiger partial charge in [0.25, 0.3) is 0 Å². The van der Waals surface area contributed by atoms with Crippen LogP contribution in [-0.2, 0) is 14.3 Å². The Morgan fingerprint density at radius 1 is 1.22 bits per heavy atom. The van der Waals surface area contributed by atoms with E-state index in [-0.39, 0.29) is 18.4 Å². The molecular weight excluding hydrogens is 366 g/mol. The van der Waals surface area contributed by atoms with Gasteiger partial charge in [-0.25, -0.2) is 4.79 Å². The number of hydrogen-bond acceptors (Lipinski definition) is 4. The first-order valence-corrected chi connectivity index (χ1v) is 9.02. The van der Waals surface area contributed by atoms with E-state index in [0.717, 1.165) is 17.0 Å². The van der Waals surface area contributed by atoms with E-state index in [1.54, 1.807) is 37.5 Å². The minimum Gasteiger partial charge on any atom is -0.454 e. The van der Waals surface area contributed by atoms with Crippen LogP contribution in [0, 0.1) is 13.8 Å². The maximum absolute atomic E-state index is 12.5. The fourth-order valence-electron chi connectivity index (χ4n) is 3.05. The first-order chi connectivity index (χ1) is 12.8. The smallest absolute Gasteiger partial charge is 0.331 e. The number of carbonyl (C=O) groups is 2. The van der Waals surface area contributed by atoms with E-state index in [1.807, 2.05) is 26.8 Å². The maximum Gasteiger partial charge on any atom is 0.331 e. The van der Waals surface area contributed by atoms with Crippen molar-refractivity contribution in [2.75, 3.05) is 20.3 Å². The summed E-state index contributed by atoms with van der Waals surface area (Å²) in [6, 6.07) is 8.97. The molecule has 0 aliphatic heterocycles. The molecule has 5 nitrogen and oxygen atoms in total. The highest BCUT2D eigenvalue weighted by molar-refractivity contribution is 6.30. The molecule has 0 spiro atoms. The number of aromatic nitrogens is 1. The van der Waals surface area contributed by atoms with Crippen molar-refractivity contribution >= 4 is 29.4 Å². The fourth-order valence-corrected chi connectivity index (χ4v) is 3.18. The second-order valence-electron chi connectivity index (χ2n) is 6.37. The van der Waals surface area contributed by atoms with Crippen molar-refractivity contribution in [3.8, 4) is 0 Å². The zero-order chi connectivity index (χ0) is 20.0. The Hall–Kier alpha value is -2.37. The van der Waals surface area contributed by atoms with E-state index in [9.17, 15) is 9.59 Å². The minimum atomic E-state index is -0.570. The third-order valence-corrected chi connectivity index (χ3v) is 4.51. The molecule has 27 heavy (non-hydrogen) atoms. The number of nitrogens with zero attached hydrogens (tertiary/aromatic N) is 1. The number of benzene rings is 1. The second kappa shape index (κ2) is 9.53. The lowest BCUT2D eigenvalue weighted by atomic mass is 10.1. The fraction of sp³-hybridized carbons (Fsp3) is 0.333. The van der Waals surface area contributed by atoms with E-state index in [2.05, 4.69) is 4.57 Å². The number of ether oxygens (including phenoxy) is 2. The summed E-state index contributed by atoms with van der Waals surface area (Å²) in [5, 5.41) is 0.623. The molecule has 0 aliphatic rings. The Morgan fingerprint density at radius 3 is 2.52 bits per heavy atom. The first-order valence-electron chi connectivity index (χ1n) is 8.64. The topological polar surface area (TPSA) is 57.5 Å². The Kier molecular flexibility index (Phi) is 7.39. The van der Waals surface area contributed by atoms with Gasteiger partial charge in [-0.1, -0.05) is 23.7 Å². The molecule has 0 aliphatic carbocycles. The van der Waals surface area contributed by atoms with Crippen LogP contribution in [0.25, 0.3) is 6.08 Å². The maximum atomic E-state index is 12.5. The third kappa shape index (κ3) is 5.55. The molecule has 1 heterocycles. The molecule has 1 aromatic heterocycles. The largest absolute Gasteiger partial charge is 0.454 e. The summed E-state index contributed by atoms with van der Waals surface area (Å²) in [7, 11) is 1.65. The van der Waals surface area contributed by atoms with Gasteiger partial charge in [0.05, 0.1) is 12.6 Å². The number of halogens is 1. The van der Waals surface area contributed by atoms with Gasteiger partial charge in [0.15, 0.2) is 6.61 Å². The van der Waals surface area contributed by atoms with Crippen LogP contribution in [0.4, 0.5) is 0 Å². The van der Waals surface area contributed by atoms with Crippen LogP contribution >= 0.6 is 11.6 Å². The SMILES string of the molecule is COC[C@H](C)n1c(C)cc(C(=O)COC(=O)/C=C/c2ccc(Cl)cc2)c1C. The molecule has 1 aromatic carbocycles. The molecule has 0 radical (unpaired) electrons. The summed E-state index contributed by atoms with van der Waals surface area (Å²) in [4.78, 5) is 24.3. The summed E-state index contributed by atoms with van der Waals surface area (Å²) in [6.07, 6.45) is 2.90. The lowest BCUT2D eigenvalue weighted by Gasteiger charge is -2.17. The predicted octanol–water partition coefficient (Wildman–Crippen LogP) is 4.41. The van der Waals surface area contributed by atoms with E-state index in [4.69, 9.17) is 21.1 Å². The van der Waals surface area contributed by atoms with Crippen molar-refractivity contribution in [2.45, 2.75) is 26.8 Å². The Labute approximate surface area is 164 Å². The van der Waals surface area contributed by atoms with E-state index in [1.165, 1.54) is 6.08 Å². The van der Waals surface area contributed by atoms with E-state index < -0.39 is 5.97 Å². The van der Waals surface area contributed by atoms with Gasteiger partial charge in [-0.15, -0.1) is 0 Å². The number of Topliss-reactive ketones (excluding diaryl/α,β-unsaturated/α-hetero) is 1. The molecule has 2 rings (SSSR count). The average Bonchev–Trinajstić information content (AvgIpc) is 2.93. The number of aryl methyl sites for hydroxylation is 1. The number of rotatable bonds is 8. The van der Waals surface area contributed by atoms with Gasteiger partial charge in [0, 0.05) is 35.2 Å². The number of esters is 1. The average molecular weight is 390 g/mol. The molecular formula is C21H24ClNO4. The number of carbonyl (C=O) groups excluding carboxylic acids is 2. The number of methoxy groups -OCH3 is 1. The Bertz CT molecular complexity index is 837. The quantitative estimate of drug-likeness (QED) is 0.381. The van der Waals surface area contributed by atoms with Gasteiger partial charge in [-0.2, -0.15) is 0 Å². The van der Waals surface area contributed by atoms with Gasteiger partial charge in [-0.3, -0.25) is 4.79 Å². The number of hydrogen-bond donors (Lipinski definition) is 0. The molecule has 6 heteroatoms. The lowest BCUT2D eigenvalue weighted by Crippen LogP contribution is -2.16. The molecule has 0 amide bonds. The summed E-state index contributed by atoms with van der Waals surface area (Å²) >= 11 is 5.82. The Balaban J connectivity index is 1.98. The molecule has 0 fully saturated rings. The van der Waals surface area contributed by atoms with Gasteiger partial charge >= 0.3 is 5.97 Å². The molecule has 0 N–H and O–H groups in total. The van der Waals surface area contributed by atoms with Crippen LogP contribution in [0.3, 0.4) is 0 Å². The van der Waals surface area contributed by atoms with Crippen molar-refractivity contribution < 1.29 is 19.1 Å². The summed E-state index contributed by atoms with van der Waals surface area (Å²) in [5.74, 6) is -0.799. The molecule has 1 atom stereocenters. The highest BCUT2D eigenvalue weighted by Crippen LogP contribution is 2.21. The first kappa shape index (κ1) is 20.9. The van der Waals surface area contributed by atoms with Crippen molar-refractivity contribution in [3.63, 3.8) is 0 Å². The van der Waals surface area contributed by atoms with Crippen LogP contribution in [0.5, 0.6) is 0 Å². The van der Waals surface area contributed by atoms with Crippen LogP contribution in [0.2, 0.25) is 5.02 Å². The minimum absolute atomic E-state index is 0.112. The van der Waals surface area contributed by atoms with Crippen LogP contribution < -0.4 is 0 Å². The van der Waals surface area contributed by atoms with Gasteiger partial charge < -0.3 is 14.0 Å². The molecule has 2 aromatic rings. The molecule has 0 bridgehead atoms. The second-order valence-corrected chi connectivity index (χ2v) is 6.81. The molecule has 144 valence electrons. The van der Waals surface area contributed by atoms with Crippen molar-refractivity contribution in [2.24, 2.45) is 0 Å². The highest BCUT2D eigenvalue weighted by Gasteiger charge is 2.19. The van der Waals surface area contributed by atoms with Crippen molar-refractivity contribution in [1.29, 1.82) is 0 Å². The number of ketones is 1. The van der Waals surface area contributed by atoms with E-state index >= 15 is 0 Å². The van der Waals surface area contributed by atoms with E-state index in [0.29, 0.717) is 17.2 Å². The standard InChI is InChI=1S/C21H24ClNO4/c1-14-11-19(16(3)23(14)15(2)12-26-4)20(24)13-27-21(25)10-7-17-5-8-18(22)9-6-17/h5-11,15H,12-13H2,1-4H3/b10-7+/t15-/m0/s1. The third-order valence-electron chi connectivity index (χ3n) is 4.26. The zero-order valence-electron chi connectivity index (χ0n) is 16.0. The Morgan fingerprint density at radius 2 is 1.89 bits per heavy atom. The normalized spacial score (nSPS) is 12.3. The van der Waals surface area contributed by atoms with Crippen molar-refractivity contribution in [3.05, 3.63) is 63.9 Å². The van der Waals surface area contributed by atoms with Crippen LogP contribution in [0.15, 0.2) is 36.4 Å². The van der Waals surface area contributed by atoms with Crippen LogP contribution in [0.1, 0.15) is 40.3 Å². The highest BCUT2D eigenvalue weighted by atomic mass is 35.5. The summed E-state index contributed by atoms with van der Waals surface area (Å²) in [5.41, 5.74) is 3.19. The molecule has 0 saturated heterocycles. The van der Waals surface area contributed by atoms with Gasteiger partial charge in [0.2, 0.25) is 5.78 Å².